The van der Waals surface area contributed by atoms with Gasteiger partial charge in [-0.25, -0.2) is 4.98 Å². The van der Waals surface area contributed by atoms with Gasteiger partial charge in [0, 0.05) is 5.56 Å². The zero-order valence-corrected chi connectivity index (χ0v) is 17.5. The lowest BCUT2D eigenvalue weighted by Gasteiger charge is -2.10. The third-order valence-corrected chi connectivity index (χ3v) is 5.42. The Bertz CT molecular complexity index is 1110. The molecule has 0 saturated carbocycles. The number of thioether (sulfide) groups is 1. The first kappa shape index (κ1) is 20.3. The van der Waals surface area contributed by atoms with Crippen LogP contribution in [0.5, 0.6) is 5.75 Å². The molecule has 1 amide bonds. The van der Waals surface area contributed by atoms with Crippen LogP contribution in [0.3, 0.4) is 0 Å². The van der Waals surface area contributed by atoms with Gasteiger partial charge in [-0.1, -0.05) is 42.2 Å². The van der Waals surface area contributed by atoms with E-state index in [1.807, 2.05) is 30.3 Å². The van der Waals surface area contributed by atoms with Crippen molar-refractivity contribution >= 4 is 40.3 Å². The number of amides is 1. The summed E-state index contributed by atoms with van der Waals surface area (Å²) in [6, 6.07) is 12.9. The minimum atomic E-state index is -0.951. The summed E-state index contributed by atoms with van der Waals surface area (Å²) in [7, 11) is 0. The number of ether oxygens (including phenoxy) is 1. The van der Waals surface area contributed by atoms with E-state index in [1.165, 1.54) is 18.0 Å². The van der Waals surface area contributed by atoms with Gasteiger partial charge in [0.05, 0.1) is 16.8 Å². The molecule has 2 aromatic heterocycles. The first-order valence-electron chi connectivity index (χ1n) is 9.04. The number of oxazole rings is 1. The van der Waals surface area contributed by atoms with Gasteiger partial charge in [0.15, 0.2) is 0 Å². The standard InChI is InChI=1S/C21H17N3O4S2/c1-12-18(23-20(28-12)13-5-3-2-4-6-13)16(25)11-27-15-8-7-14(22-10-15)9-17-19(26)24-21(29)30-17/h2-10,16,25H,11H2,1H3,(H,24,26,29)/b17-9-. The summed E-state index contributed by atoms with van der Waals surface area (Å²) in [5.41, 5.74) is 1.87. The molecule has 4 rings (SSSR count). The molecule has 7 nitrogen and oxygen atoms in total. The van der Waals surface area contributed by atoms with Crippen molar-refractivity contribution in [2.45, 2.75) is 13.0 Å². The third-order valence-electron chi connectivity index (χ3n) is 4.26. The van der Waals surface area contributed by atoms with E-state index in [0.29, 0.717) is 38.0 Å². The van der Waals surface area contributed by atoms with Gasteiger partial charge in [0.25, 0.3) is 5.91 Å². The number of thiocarbonyl (C=S) groups is 1. The second-order valence-electron chi connectivity index (χ2n) is 6.42. The molecule has 1 atom stereocenters. The summed E-state index contributed by atoms with van der Waals surface area (Å²) >= 11 is 6.16. The van der Waals surface area contributed by atoms with E-state index in [0.717, 1.165) is 5.56 Å². The first-order valence-corrected chi connectivity index (χ1v) is 10.3. The smallest absolute Gasteiger partial charge is 0.263 e. The van der Waals surface area contributed by atoms with Crippen LogP contribution in [-0.2, 0) is 4.79 Å². The molecule has 1 aliphatic heterocycles. The number of hydrogen-bond acceptors (Lipinski definition) is 8. The number of aromatic nitrogens is 2. The molecular weight excluding hydrogens is 422 g/mol. The number of aliphatic hydroxyl groups excluding tert-OH is 1. The zero-order chi connectivity index (χ0) is 21.1. The number of aryl methyl sites for hydroxylation is 1. The van der Waals surface area contributed by atoms with E-state index in [2.05, 4.69) is 15.3 Å². The molecule has 0 radical (unpaired) electrons. The molecule has 1 aliphatic rings. The van der Waals surface area contributed by atoms with Crippen LogP contribution in [0.1, 0.15) is 23.3 Å². The average molecular weight is 440 g/mol. The summed E-state index contributed by atoms with van der Waals surface area (Å²) in [5.74, 6) is 1.25. The lowest BCUT2D eigenvalue weighted by atomic mass is 10.2. The molecule has 3 heterocycles. The Balaban J connectivity index is 1.39. The Hall–Kier alpha value is -3.01. The normalized spacial score (nSPS) is 16.0. The Morgan fingerprint density at radius 2 is 2.10 bits per heavy atom. The van der Waals surface area contributed by atoms with Gasteiger partial charge in [-0.05, 0) is 37.3 Å². The number of nitrogens with zero attached hydrogens (tertiary/aromatic N) is 2. The summed E-state index contributed by atoms with van der Waals surface area (Å²) < 4.78 is 11.7. The van der Waals surface area contributed by atoms with Gasteiger partial charge in [-0.2, -0.15) is 0 Å². The maximum absolute atomic E-state index is 11.7. The molecule has 9 heteroatoms. The lowest BCUT2D eigenvalue weighted by molar-refractivity contribution is -0.115. The van der Waals surface area contributed by atoms with E-state index in [-0.39, 0.29) is 12.5 Å². The molecule has 3 aromatic rings. The third kappa shape index (κ3) is 4.59. The summed E-state index contributed by atoms with van der Waals surface area (Å²) in [6.45, 7) is 1.75. The van der Waals surface area contributed by atoms with Gasteiger partial charge >= 0.3 is 0 Å². The second kappa shape index (κ2) is 8.78. The summed E-state index contributed by atoms with van der Waals surface area (Å²) in [4.78, 5) is 20.9. The van der Waals surface area contributed by atoms with Crippen LogP contribution >= 0.6 is 24.0 Å². The number of rotatable bonds is 6. The highest BCUT2D eigenvalue weighted by molar-refractivity contribution is 8.26. The van der Waals surface area contributed by atoms with Crippen molar-refractivity contribution in [2.24, 2.45) is 0 Å². The predicted octanol–water partition coefficient (Wildman–Crippen LogP) is 3.65. The van der Waals surface area contributed by atoms with Crippen molar-refractivity contribution in [2.75, 3.05) is 6.61 Å². The molecule has 0 bridgehead atoms. The van der Waals surface area contributed by atoms with Gasteiger partial charge in [-0.15, -0.1) is 0 Å². The van der Waals surface area contributed by atoms with Crippen molar-refractivity contribution in [3.8, 4) is 17.2 Å². The van der Waals surface area contributed by atoms with Crippen molar-refractivity contribution in [3.63, 3.8) is 0 Å². The number of carbonyl (C=O) groups is 1. The molecule has 1 aromatic carbocycles. The van der Waals surface area contributed by atoms with Crippen molar-refractivity contribution in [1.82, 2.24) is 15.3 Å². The highest BCUT2D eigenvalue weighted by Gasteiger charge is 2.22. The number of nitrogens with one attached hydrogen (secondary N) is 1. The van der Waals surface area contributed by atoms with Gasteiger partial charge < -0.3 is 19.6 Å². The fourth-order valence-electron chi connectivity index (χ4n) is 2.79. The van der Waals surface area contributed by atoms with E-state index in [9.17, 15) is 9.90 Å². The van der Waals surface area contributed by atoms with Crippen LogP contribution in [0.25, 0.3) is 17.5 Å². The largest absolute Gasteiger partial charge is 0.489 e. The van der Waals surface area contributed by atoms with Crippen molar-refractivity contribution in [1.29, 1.82) is 0 Å². The summed E-state index contributed by atoms with van der Waals surface area (Å²) in [5, 5.41) is 13.0. The van der Waals surface area contributed by atoms with E-state index >= 15 is 0 Å². The minimum Gasteiger partial charge on any atom is -0.489 e. The zero-order valence-electron chi connectivity index (χ0n) is 15.9. The molecule has 0 spiro atoms. The van der Waals surface area contributed by atoms with E-state index in [4.69, 9.17) is 21.4 Å². The number of pyridine rings is 1. The monoisotopic (exact) mass is 439 g/mol. The highest BCUT2D eigenvalue weighted by Crippen LogP contribution is 2.27. The fraction of sp³-hybridized carbons (Fsp3) is 0.143. The molecule has 30 heavy (non-hydrogen) atoms. The highest BCUT2D eigenvalue weighted by atomic mass is 32.2. The van der Waals surface area contributed by atoms with Crippen LogP contribution < -0.4 is 10.1 Å². The van der Waals surface area contributed by atoms with Gasteiger partial charge in [-0.3, -0.25) is 9.78 Å². The Kier molecular flexibility index (Phi) is 5.93. The molecule has 1 saturated heterocycles. The second-order valence-corrected chi connectivity index (χ2v) is 8.14. The van der Waals surface area contributed by atoms with Crippen LogP contribution in [0.2, 0.25) is 0 Å². The number of carbonyl (C=O) groups excluding carboxylic acids is 1. The molecular formula is C21H17N3O4S2. The van der Waals surface area contributed by atoms with Gasteiger partial charge in [0.2, 0.25) is 5.89 Å². The van der Waals surface area contributed by atoms with Crippen LogP contribution in [0.4, 0.5) is 0 Å². The van der Waals surface area contributed by atoms with E-state index in [1.54, 1.807) is 25.1 Å². The lowest BCUT2D eigenvalue weighted by Crippen LogP contribution is -2.17. The first-order chi connectivity index (χ1) is 14.5. The fourth-order valence-corrected chi connectivity index (χ4v) is 3.82. The van der Waals surface area contributed by atoms with Crippen LogP contribution in [-0.4, -0.2) is 31.9 Å². The molecule has 1 fully saturated rings. The number of benzene rings is 1. The quantitative estimate of drug-likeness (QED) is 0.444. The predicted molar refractivity (Wildman–Crippen MR) is 118 cm³/mol. The van der Waals surface area contributed by atoms with Gasteiger partial charge in [0.1, 0.15) is 34.2 Å². The SMILES string of the molecule is Cc1oc(-c2ccccc2)nc1C(O)COc1ccc(/C=C2\SC(=S)NC2=O)nc1. The Labute approximate surface area is 182 Å². The number of hydrogen-bond donors (Lipinski definition) is 2. The molecule has 0 aliphatic carbocycles. The van der Waals surface area contributed by atoms with Crippen molar-refractivity contribution in [3.05, 3.63) is 70.7 Å². The minimum absolute atomic E-state index is 0.00372. The molecule has 2 N–H and O–H groups in total. The number of aliphatic hydroxyl groups is 1. The maximum atomic E-state index is 11.7. The Morgan fingerprint density at radius 3 is 2.77 bits per heavy atom. The van der Waals surface area contributed by atoms with Crippen LogP contribution in [0.15, 0.2) is 58.0 Å². The topological polar surface area (TPSA) is 97.5 Å². The van der Waals surface area contributed by atoms with Crippen LogP contribution in [0, 0.1) is 6.92 Å². The molecule has 152 valence electrons. The maximum Gasteiger partial charge on any atom is 0.263 e. The summed E-state index contributed by atoms with van der Waals surface area (Å²) in [6.07, 6.45) is 2.23. The Morgan fingerprint density at radius 1 is 1.30 bits per heavy atom. The van der Waals surface area contributed by atoms with E-state index < -0.39 is 6.10 Å². The average Bonchev–Trinajstić information content (AvgIpc) is 3.29. The van der Waals surface area contributed by atoms with Crippen molar-refractivity contribution < 1.29 is 19.1 Å². The molecule has 1 unspecified atom stereocenters.